The second kappa shape index (κ2) is 8.65. The number of aliphatic hydroxyl groups excluding tert-OH is 1. The highest BCUT2D eigenvalue weighted by Gasteiger charge is 2.49. The van der Waals surface area contributed by atoms with Crippen molar-refractivity contribution < 1.29 is 27.8 Å². The monoisotopic (exact) mass is 463 g/mol. The summed E-state index contributed by atoms with van der Waals surface area (Å²) >= 11 is 6.33. The number of hydrogen-bond acceptors (Lipinski definition) is 4. The molecule has 0 spiro atoms. The summed E-state index contributed by atoms with van der Waals surface area (Å²) in [5.74, 6) is -3.68. The number of nitrogens with two attached hydrogens (primary N) is 1. The molecule has 3 N–H and O–H groups in total. The lowest BCUT2D eigenvalue weighted by Crippen LogP contribution is -2.41. The Morgan fingerprint density at radius 1 is 1.09 bits per heavy atom. The van der Waals surface area contributed by atoms with Crippen LogP contribution in [0.15, 0.2) is 48.5 Å². The summed E-state index contributed by atoms with van der Waals surface area (Å²) in [6.45, 7) is 1.34. The molecule has 0 saturated heterocycles. The number of hydrogen-bond donors (Lipinski definition) is 2. The van der Waals surface area contributed by atoms with Gasteiger partial charge in [-0.2, -0.15) is 0 Å². The molecule has 8 heteroatoms. The van der Waals surface area contributed by atoms with E-state index in [9.17, 15) is 8.78 Å². The highest BCUT2D eigenvalue weighted by Crippen LogP contribution is 2.56. The summed E-state index contributed by atoms with van der Waals surface area (Å²) < 4.78 is 55.9. The van der Waals surface area contributed by atoms with Crippen molar-refractivity contribution in [2.45, 2.75) is 18.4 Å². The Labute approximate surface area is 188 Å². The molecule has 0 amide bonds. The molecular formula is C24H21ClF3NO3. The Kier molecular flexibility index (Phi) is 6.07. The van der Waals surface area contributed by atoms with Gasteiger partial charge >= 0.3 is 0 Å². The lowest BCUT2D eigenvalue weighted by Gasteiger charge is -2.32. The number of aliphatic hydroxyl groups is 1. The van der Waals surface area contributed by atoms with E-state index in [1.54, 1.807) is 0 Å². The van der Waals surface area contributed by atoms with Crippen LogP contribution in [0.3, 0.4) is 0 Å². The fourth-order valence-corrected chi connectivity index (χ4v) is 4.55. The van der Waals surface area contributed by atoms with Crippen molar-refractivity contribution in [3.63, 3.8) is 0 Å². The van der Waals surface area contributed by atoms with Gasteiger partial charge in [-0.15, -0.1) is 0 Å². The minimum atomic E-state index is -1.24. The summed E-state index contributed by atoms with van der Waals surface area (Å²) in [6, 6.07) is 12.4. The Balaban J connectivity index is 2.00. The van der Waals surface area contributed by atoms with Crippen molar-refractivity contribution in [2.75, 3.05) is 19.8 Å². The second-order valence-corrected chi connectivity index (χ2v) is 7.93. The molecule has 0 aliphatic carbocycles. The minimum absolute atomic E-state index is 0.0467. The minimum Gasteiger partial charge on any atom is -0.490 e. The average Bonchev–Trinajstić information content (AvgIpc) is 3.09. The Morgan fingerprint density at radius 3 is 2.47 bits per heavy atom. The van der Waals surface area contributed by atoms with Crippen LogP contribution < -0.4 is 15.2 Å². The van der Waals surface area contributed by atoms with Gasteiger partial charge < -0.3 is 20.3 Å². The standard InChI is InChI=1S/C24H21ClF3NO3/c1-13-19-18(32-24(13,12-29)14-5-3-2-4-6-14)11-16(27)22(25)21(19)20-17(31-10-9-30)8-7-15(26)23(20)28/h2-8,11,13,30H,9-10,12,29H2,1H3/t13-,24-/m0/s1. The van der Waals surface area contributed by atoms with Crippen LogP contribution >= 0.6 is 11.6 Å². The van der Waals surface area contributed by atoms with E-state index in [1.165, 1.54) is 6.07 Å². The predicted molar refractivity (Wildman–Crippen MR) is 116 cm³/mol. The van der Waals surface area contributed by atoms with Gasteiger partial charge in [-0.05, 0) is 17.7 Å². The van der Waals surface area contributed by atoms with E-state index in [0.29, 0.717) is 5.56 Å². The van der Waals surface area contributed by atoms with E-state index in [4.69, 9.17) is 31.9 Å². The molecule has 2 atom stereocenters. The zero-order valence-corrected chi connectivity index (χ0v) is 17.9. The molecule has 168 valence electrons. The van der Waals surface area contributed by atoms with E-state index in [1.807, 2.05) is 37.3 Å². The van der Waals surface area contributed by atoms with Gasteiger partial charge in [0.25, 0.3) is 0 Å². The first kappa shape index (κ1) is 22.5. The molecule has 4 rings (SSSR count). The summed E-state index contributed by atoms with van der Waals surface area (Å²) in [7, 11) is 0. The molecule has 3 aromatic rings. The van der Waals surface area contributed by atoms with Gasteiger partial charge in [0.05, 0.1) is 17.2 Å². The molecule has 1 aliphatic heterocycles. The highest BCUT2D eigenvalue weighted by molar-refractivity contribution is 6.34. The maximum atomic E-state index is 15.1. The molecular weight excluding hydrogens is 443 g/mol. The van der Waals surface area contributed by atoms with E-state index in [-0.39, 0.29) is 42.4 Å². The molecule has 1 heterocycles. The SMILES string of the molecule is C[C@H]1c2c(cc(F)c(Cl)c2-c2c(OCCO)ccc(F)c2F)O[C@]1(CN)c1ccccc1. The van der Waals surface area contributed by atoms with Crippen LogP contribution in [0.1, 0.15) is 24.0 Å². The number of rotatable bonds is 6. The first-order valence-electron chi connectivity index (χ1n) is 10.0. The topological polar surface area (TPSA) is 64.7 Å². The summed E-state index contributed by atoms with van der Waals surface area (Å²) in [4.78, 5) is 0. The molecule has 0 fully saturated rings. The summed E-state index contributed by atoms with van der Waals surface area (Å²) in [6.07, 6.45) is 0. The van der Waals surface area contributed by atoms with Gasteiger partial charge in [-0.1, -0.05) is 48.9 Å². The summed E-state index contributed by atoms with van der Waals surface area (Å²) in [5, 5.41) is 8.73. The Hall–Kier alpha value is -2.74. The van der Waals surface area contributed by atoms with Crippen LogP contribution in [0.5, 0.6) is 11.5 Å². The van der Waals surface area contributed by atoms with Crippen LogP contribution in [0.4, 0.5) is 13.2 Å². The third-order valence-electron chi connectivity index (χ3n) is 5.87. The normalized spacial score (nSPS) is 19.5. The van der Waals surface area contributed by atoms with Crippen LogP contribution in [0, 0.1) is 17.5 Å². The lowest BCUT2D eigenvalue weighted by molar-refractivity contribution is 0.0800. The van der Waals surface area contributed by atoms with Gasteiger partial charge in [-0.25, -0.2) is 13.2 Å². The van der Waals surface area contributed by atoms with Crippen molar-refractivity contribution in [1.29, 1.82) is 0 Å². The lowest BCUT2D eigenvalue weighted by atomic mass is 9.78. The average molecular weight is 464 g/mol. The van der Waals surface area contributed by atoms with Gasteiger partial charge in [-0.3, -0.25) is 0 Å². The van der Waals surface area contributed by atoms with E-state index in [0.717, 1.165) is 17.7 Å². The maximum Gasteiger partial charge on any atom is 0.170 e. The van der Waals surface area contributed by atoms with Gasteiger partial charge in [0, 0.05) is 29.7 Å². The zero-order valence-electron chi connectivity index (χ0n) is 17.2. The van der Waals surface area contributed by atoms with Gasteiger partial charge in [0.15, 0.2) is 17.2 Å². The number of ether oxygens (including phenoxy) is 2. The smallest absolute Gasteiger partial charge is 0.170 e. The molecule has 3 aromatic carbocycles. The van der Waals surface area contributed by atoms with Gasteiger partial charge in [0.1, 0.15) is 23.9 Å². The molecule has 1 aliphatic rings. The third kappa shape index (κ3) is 3.41. The quantitative estimate of drug-likeness (QED) is 0.531. The predicted octanol–water partition coefficient (Wildman–Crippen LogP) is 5.15. The number of benzene rings is 3. The van der Waals surface area contributed by atoms with E-state index >= 15 is 4.39 Å². The van der Waals surface area contributed by atoms with Gasteiger partial charge in [0.2, 0.25) is 0 Å². The Bertz CT molecular complexity index is 1160. The fourth-order valence-electron chi connectivity index (χ4n) is 4.30. The molecule has 32 heavy (non-hydrogen) atoms. The first-order chi connectivity index (χ1) is 15.4. The van der Waals surface area contributed by atoms with Crippen molar-refractivity contribution in [2.24, 2.45) is 5.73 Å². The molecule has 4 nitrogen and oxygen atoms in total. The van der Waals surface area contributed by atoms with Crippen LogP contribution in [-0.4, -0.2) is 24.9 Å². The van der Waals surface area contributed by atoms with Crippen molar-refractivity contribution in [3.05, 3.63) is 82.1 Å². The zero-order chi connectivity index (χ0) is 23.0. The summed E-state index contributed by atoms with van der Waals surface area (Å²) in [5.41, 5.74) is 5.83. The fraction of sp³-hybridized carbons (Fsp3) is 0.250. The molecule has 0 unspecified atom stereocenters. The molecule has 0 radical (unpaired) electrons. The largest absolute Gasteiger partial charge is 0.490 e. The molecule has 0 saturated carbocycles. The van der Waals surface area contributed by atoms with E-state index in [2.05, 4.69) is 0 Å². The number of fused-ring (bicyclic) bond motifs is 1. The van der Waals surface area contributed by atoms with Crippen molar-refractivity contribution in [1.82, 2.24) is 0 Å². The van der Waals surface area contributed by atoms with Crippen LogP contribution in [-0.2, 0) is 5.60 Å². The molecule has 0 aromatic heterocycles. The highest BCUT2D eigenvalue weighted by atomic mass is 35.5. The van der Waals surface area contributed by atoms with Crippen LogP contribution in [0.25, 0.3) is 11.1 Å². The number of halogens is 4. The first-order valence-corrected chi connectivity index (χ1v) is 10.4. The van der Waals surface area contributed by atoms with Crippen LogP contribution in [0.2, 0.25) is 5.02 Å². The van der Waals surface area contributed by atoms with E-state index < -0.39 is 34.0 Å². The maximum absolute atomic E-state index is 15.1. The Morgan fingerprint density at radius 2 is 1.81 bits per heavy atom. The second-order valence-electron chi connectivity index (χ2n) is 7.55. The molecule has 0 bridgehead atoms. The van der Waals surface area contributed by atoms with Crippen molar-refractivity contribution >= 4 is 11.6 Å². The van der Waals surface area contributed by atoms with Crippen molar-refractivity contribution in [3.8, 4) is 22.6 Å². The third-order valence-corrected chi connectivity index (χ3v) is 6.24.